The number of rotatable bonds is 4. The summed E-state index contributed by atoms with van der Waals surface area (Å²) in [6.45, 7) is 4.22. The zero-order valence-corrected chi connectivity index (χ0v) is 14.2. The summed E-state index contributed by atoms with van der Waals surface area (Å²) >= 11 is 0. The van der Waals surface area contributed by atoms with Crippen LogP contribution in [0.2, 0.25) is 0 Å². The van der Waals surface area contributed by atoms with Gasteiger partial charge in [0.2, 0.25) is 0 Å². The number of hydrogen-bond donors (Lipinski definition) is 1. The Bertz CT molecular complexity index is 882. The van der Waals surface area contributed by atoms with E-state index in [9.17, 15) is 4.79 Å². The van der Waals surface area contributed by atoms with Crippen LogP contribution in [0.5, 0.6) is 0 Å². The summed E-state index contributed by atoms with van der Waals surface area (Å²) in [5, 5.41) is 9.14. The highest BCUT2D eigenvalue weighted by Gasteiger charge is 2.23. The smallest absolute Gasteiger partial charge is 0.272 e. The first kappa shape index (κ1) is 16.2. The van der Waals surface area contributed by atoms with Crippen LogP contribution in [0.25, 0.3) is 16.9 Å². The van der Waals surface area contributed by atoms with E-state index in [1.165, 1.54) is 4.90 Å². The van der Waals surface area contributed by atoms with E-state index in [4.69, 9.17) is 5.11 Å². The van der Waals surface area contributed by atoms with Crippen molar-refractivity contribution < 1.29 is 9.90 Å². The Morgan fingerprint density at radius 3 is 2.46 bits per heavy atom. The number of nitrogens with zero attached hydrogens (tertiary/aromatic N) is 3. The summed E-state index contributed by atoms with van der Waals surface area (Å²) < 4.78 is 1.83. The van der Waals surface area contributed by atoms with Crippen molar-refractivity contribution in [2.45, 2.75) is 13.8 Å². The van der Waals surface area contributed by atoms with E-state index in [1.54, 1.807) is 7.05 Å². The molecule has 2 aromatic heterocycles. The van der Waals surface area contributed by atoms with Crippen molar-refractivity contribution in [1.82, 2.24) is 14.3 Å². The summed E-state index contributed by atoms with van der Waals surface area (Å²) in [4.78, 5) is 19.1. The zero-order chi connectivity index (χ0) is 17.3. The van der Waals surface area contributed by atoms with Crippen LogP contribution < -0.4 is 0 Å². The number of benzene rings is 1. The topological polar surface area (TPSA) is 57.8 Å². The van der Waals surface area contributed by atoms with Gasteiger partial charge in [-0.2, -0.15) is 0 Å². The molecule has 2 heterocycles. The quantitative estimate of drug-likeness (QED) is 0.803. The minimum atomic E-state index is -0.155. The third kappa shape index (κ3) is 2.90. The van der Waals surface area contributed by atoms with Gasteiger partial charge in [-0.25, -0.2) is 4.98 Å². The first-order valence-electron chi connectivity index (χ1n) is 7.93. The van der Waals surface area contributed by atoms with Gasteiger partial charge in [0.15, 0.2) is 0 Å². The maximum Gasteiger partial charge on any atom is 0.272 e. The summed E-state index contributed by atoms with van der Waals surface area (Å²) in [7, 11) is 1.69. The number of hydrogen-bond acceptors (Lipinski definition) is 3. The van der Waals surface area contributed by atoms with Gasteiger partial charge in [0, 0.05) is 25.4 Å². The van der Waals surface area contributed by atoms with E-state index >= 15 is 0 Å². The second-order valence-electron chi connectivity index (χ2n) is 6.06. The first-order valence-corrected chi connectivity index (χ1v) is 7.93. The Kier molecular flexibility index (Phi) is 4.36. The van der Waals surface area contributed by atoms with Crippen molar-refractivity contribution >= 4 is 11.6 Å². The van der Waals surface area contributed by atoms with Gasteiger partial charge in [-0.05, 0) is 25.5 Å². The number of aromatic nitrogens is 2. The number of aliphatic hydroxyl groups excluding tert-OH is 1. The van der Waals surface area contributed by atoms with Gasteiger partial charge in [0.05, 0.1) is 6.61 Å². The average molecular weight is 323 g/mol. The lowest BCUT2D eigenvalue weighted by Gasteiger charge is -2.16. The van der Waals surface area contributed by atoms with Crippen LogP contribution in [0.1, 0.15) is 21.6 Å². The number of imidazole rings is 1. The third-order valence-corrected chi connectivity index (χ3v) is 4.08. The van der Waals surface area contributed by atoms with E-state index < -0.39 is 0 Å². The Morgan fingerprint density at radius 2 is 1.79 bits per heavy atom. The van der Waals surface area contributed by atoms with E-state index in [1.807, 2.05) is 60.8 Å². The van der Waals surface area contributed by atoms with Gasteiger partial charge in [-0.15, -0.1) is 0 Å². The van der Waals surface area contributed by atoms with Crippen LogP contribution >= 0.6 is 0 Å². The average Bonchev–Trinajstić information content (AvgIpc) is 2.93. The molecule has 0 saturated carbocycles. The van der Waals surface area contributed by atoms with Crippen LogP contribution in [0, 0.1) is 13.8 Å². The molecule has 3 aromatic rings. The van der Waals surface area contributed by atoms with Gasteiger partial charge in [0.25, 0.3) is 5.91 Å². The molecule has 5 nitrogen and oxygen atoms in total. The highest BCUT2D eigenvalue weighted by Crippen LogP contribution is 2.26. The number of carbonyl (C=O) groups excluding carboxylic acids is 1. The second kappa shape index (κ2) is 6.45. The fourth-order valence-corrected chi connectivity index (χ4v) is 2.70. The molecule has 1 N–H and O–H groups in total. The minimum absolute atomic E-state index is 0.0716. The molecule has 0 fully saturated rings. The molecule has 24 heavy (non-hydrogen) atoms. The Balaban J connectivity index is 2.22. The molecule has 0 aliphatic heterocycles. The predicted molar refractivity (Wildman–Crippen MR) is 94.1 cm³/mol. The summed E-state index contributed by atoms with van der Waals surface area (Å²) in [5.74, 6) is -0.155. The SMILES string of the molecule is Cc1ccc(-c2nc3ccc(C)cn3c2C(=O)N(C)CCO)cc1. The molecule has 0 radical (unpaired) electrons. The molecule has 0 aliphatic rings. The van der Waals surface area contributed by atoms with E-state index in [-0.39, 0.29) is 19.1 Å². The standard InChI is InChI=1S/C19H21N3O2/c1-13-4-7-15(8-5-13)17-18(19(24)21(3)10-11-23)22-12-14(2)6-9-16(22)20-17/h4-9,12,23H,10-11H2,1-3H3. The number of fused-ring (bicyclic) bond motifs is 1. The van der Waals surface area contributed by atoms with Crippen LogP contribution in [0.4, 0.5) is 0 Å². The molecule has 3 rings (SSSR count). The Labute approximate surface area is 141 Å². The van der Waals surface area contributed by atoms with Crippen molar-refractivity contribution in [3.63, 3.8) is 0 Å². The van der Waals surface area contributed by atoms with Crippen molar-refractivity contribution in [1.29, 1.82) is 0 Å². The van der Waals surface area contributed by atoms with Gasteiger partial charge in [0.1, 0.15) is 17.0 Å². The molecule has 124 valence electrons. The van der Waals surface area contributed by atoms with Crippen molar-refractivity contribution in [3.05, 3.63) is 59.4 Å². The molecule has 0 spiro atoms. The first-order chi connectivity index (χ1) is 11.5. The molecule has 0 atom stereocenters. The van der Waals surface area contributed by atoms with Crippen LogP contribution in [-0.4, -0.2) is 45.5 Å². The van der Waals surface area contributed by atoms with E-state index in [0.29, 0.717) is 11.4 Å². The molecule has 1 amide bonds. The number of likely N-dealkylation sites (N-methyl/N-ethyl adjacent to an activating group) is 1. The van der Waals surface area contributed by atoms with E-state index in [0.717, 1.165) is 22.3 Å². The fraction of sp³-hybridized carbons (Fsp3) is 0.263. The van der Waals surface area contributed by atoms with Crippen LogP contribution in [0.15, 0.2) is 42.6 Å². The second-order valence-corrected chi connectivity index (χ2v) is 6.06. The predicted octanol–water partition coefficient (Wildman–Crippen LogP) is 2.68. The molecular weight excluding hydrogens is 302 g/mol. The van der Waals surface area contributed by atoms with Gasteiger partial charge < -0.3 is 10.0 Å². The molecule has 0 saturated heterocycles. The van der Waals surface area contributed by atoms with Crippen LogP contribution in [-0.2, 0) is 0 Å². The largest absolute Gasteiger partial charge is 0.395 e. The lowest BCUT2D eigenvalue weighted by molar-refractivity contribution is 0.0761. The van der Waals surface area contributed by atoms with Gasteiger partial charge in [-0.1, -0.05) is 35.9 Å². The molecule has 1 aromatic carbocycles. The lowest BCUT2D eigenvalue weighted by atomic mass is 10.1. The highest BCUT2D eigenvalue weighted by molar-refractivity contribution is 5.99. The van der Waals surface area contributed by atoms with Gasteiger partial charge >= 0.3 is 0 Å². The summed E-state index contributed by atoms with van der Waals surface area (Å²) in [6, 6.07) is 11.9. The number of pyridine rings is 1. The summed E-state index contributed by atoms with van der Waals surface area (Å²) in [5.41, 5.74) is 5.03. The maximum absolute atomic E-state index is 12.9. The third-order valence-electron chi connectivity index (χ3n) is 4.08. The van der Waals surface area contributed by atoms with Crippen LogP contribution in [0.3, 0.4) is 0 Å². The number of aryl methyl sites for hydroxylation is 2. The van der Waals surface area contributed by atoms with Crippen molar-refractivity contribution in [2.24, 2.45) is 0 Å². The number of amides is 1. The Hall–Kier alpha value is -2.66. The van der Waals surface area contributed by atoms with Crippen molar-refractivity contribution in [3.8, 4) is 11.3 Å². The lowest BCUT2D eigenvalue weighted by Crippen LogP contribution is -2.30. The zero-order valence-electron chi connectivity index (χ0n) is 14.2. The maximum atomic E-state index is 12.9. The molecular formula is C19H21N3O2. The Morgan fingerprint density at radius 1 is 1.12 bits per heavy atom. The summed E-state index contributed by atoms with van der Waals surface area (Å²) in [6.07, 6.45) is 1.92. The molecule has 0 bridgehead atoms. The fourth-order valence-electron chi connectivity index (χ4n) is 2.70. The highest BCUT2D eigenvalue weighted by atomic mass is 16.3. The molecule has 0 aliphatic carbocycles. The van der Waals surface area contributed by atoms with E-state index in [2.05, 4.69) is 4.98 Å². The molecule has 5 heteroatoms. The molecule has 0 unspecified atom stereocenters. The van der Waals surface area contributed by atoms with Gasteiger partial charge in [-0.3, -0.25) is 9.20 Å². The van der Waals surface area contributed by atoms with Crippen molar-refractivity contribution in [2.75, 3.05) is 20.2 Å². The number of carbonyl (C=O) groups is 1. The minimum Gasteiger partial charge on any atom is -0.395 e. The normalized spacial score (nSPS) is 11.0. The monoisotopic (exact) mass is 323 g/mol. The number of aliphatic hydroxyl groups is 1.